The number of nitrogens with zero attached hydrogens (tertiary/aromatic N) is 2. The number of allylic oxidation sites excluding steroid dienone is 2. The molecule has 0 unspecified atom stereocenters. The summed E-state index contributed by atoms with van der Waals surface area (Å²) in [5.74, 6) is 4.00. The second kappa shape index (κ2) is 16.1. The fourth-order valence-corrected chi connectivity index (χ4v) is 10.2. The second-order valence-electron chi connectivity index (χ2n) is 16.4. The zero-order valence-electron chi connectivity index (χ0n) is 33.6. The summed E-state index contributed by atoms with van der Waals surface area (Å²) >= 11 is 0. The van der Waals surface area contributed by atoms with Crippen LogP contribution in [-0.2, 0) is 29.3 Å². The Morgan fingerprint density at radius 3 is 2.21 bits per heavy atom. The fourth-order valence-electron chi connectivity index (χ4n) is 10.2. The van der Waals surface area contributed by atoms with E-state index >= 15 is 14.4 Å². The van der Waals surface area contributed by atoms with Gasteiger partial charge in [0.05, 0.1) is 31.2 Å². The maximum absolute atomic E-state index is 15.5. The number of aromatic hydroxyl groups is 1. The number of carbonyl (C=O) groups excluding carboxylic acids is 3. The number of esters is 1. The molecule has 0 radical (unpaired) electrons. The van der Waals surface area contributed by atoms with Crippen LogP contribution in [-0.4, -0.2) is 60.1 Å². The van der Waals surface area contributed by atoms with Gasteiger partial charge in [-0.3, -0.25) is 19.3 Å². The molecule has 5 aromatic rings. The molecule has 3 saturated heterocycles. The molecule has 306 valence electrons. The topological polar surface area (TPSA) is 120 Å². The van der Waals surface area contributed by atoms with Crippen molar-refractivity contribution in [1.82, 2.24) is 4.90 Å². The Morgan fingerprint density at radius 2 is 1.51 bits per heavy atom. The highest BCUT2D eigenvalue weighted by molar-refractivity contribution is 6.13. The van der Waals surface area contributed by atoms with E-state index in [1.54, 1.807) is 24.3 Å². The summed E-state index contributed by atoms with van der Waals surface area (Å²) in [6.07, 6.45) is 5.56. The van der Waals surface area contributed by atoms with Gasteiger partial charge in [0, 0.05) is 35.7 Å². The molecule has 10 nitrogen and oxygen atoms in total. The molecule has 3 N–H and O–H groups in total. The van der Waals surface area contributed by atoms with Gasteiger partial charge in [-0.25, -0.2) is 0 Å². The summed E-state index contributed by atoms with van der Waals surface area (Å²) in [7, 11) is 0. The molecule has 1 aliphatic carbocycles. The molecular weight excluding hydrogens is 765 g/mol. The maximum Gasteiger partial charge on any atom is 0.324 e. The van der Waals surface area contributed by atoms with Gasteiger partial charge < -0.3 is 30.1 Å². The average molecular weight is 811 g/mol. The van der Waals surface area contributed by atoms with Crippen molar-refractivity contribution in [3.05, 3.63) is 167 Å². The van der Waals surface area contributed by atoms with E-state index < -0.39 is 53.3 Å². The SMILES string of the molecule is O=C1O[C@@H](c2ccccc2)[C@@H](c2ccccc2)N2[C@@H](c3ccc(O)cc3)[C@]3(C(=O)Nc4ccc(C#CC5=CCCCC5)cc43)[C@@H](C(=O)Nc3ccc(N4CCOCC4)cc3)[C@H]12. The second-order valence-corrected chi connectivity index (χ2v) is 16.4. The number of rotatable bonds is 6. The molecule has 10 rings (SSSR count). The Kier molecular flexibility index (Phi) is 10.1. The molecule has 0 bridgehead atoms. The number of fused-ring (bicyclic) bond motifs is 3. The molecule has 4 aliphatic heterocycles. The van der Waals surface area contributed by atoms with Gasteiger partial charge in [0.25, 0.3) is 0 Å². The highest BCUT2D eigenvalue weighted by atomic mass is 16.6. The standard InChI is InChI=1S/C51H46N4O6/c56-40-25-19-37(20-26-40)47-51(41-32-34(18-27-42(41)53-50(51)59)17-16-33-10-4-1-5-11-33)43(48(57)52-38-21-23-39(24-22-38)54-28-30-60-31-29-54)45-49(58)61-46(36-14-8-3-9-15-36)44(55(45)47)35-12-6-2-7-13-35/h2-3,6-10,12-15,18-27,32,43-47,56H,1,4-5,11,28-31H2,(H,52,57)(H,53,59)/t43-,44-,45-,46+,47+,51-/m1/s1. The Morgan fingerprint density at radius 1 is 0.787 bits per heavy atom. The molecule has 10 heteroatoms. The smallest absolute Gasteiger partial charge is 0.324 e. The van der Waals surface area contributed by atoms with E-state index in [2.05, 4.69) is 38.4 Å². The van der Waals surface area contributed by atoms with Crippen LogP contribution in [0.1, 0.15) is 71.7 Å². The van der Waals surface area contributed by atoms with Crippen LogP contribution in [0.25, 0.3) is 0 Å². The van der Waals surface area contributed by atoms with Crippen LogP contribution in [0.2, 0.25) is 0 Å². The average Bonchev–Trinajstić information content (AvgIpc) is 3.78. The van der Waals surface area contributed by atoms with E-state index in [4.69, 9.17) is 9.47 Å². The molecule has 4 heterocycles. The number of phenolic OH excluding ortho intramolecular Hbond substituents is 1. The first-order chi connectivity index (χ1) is 29.9. The third-order valence-electron chi connectivity index (χ3n) is 13.0. The molecule has 0 saturated carbocycles. The lowest BCUT2D eigenvalue weighted by Gasteiger charge is -2.46. The molecule has 3 fully saturated rings. The first-order valence-electron chi connectivity index (χ1n) is 21.2. The molecule has 6 atom stereocenters. The molecule has 1 spiro atoms. The first-order valence-corrected chi connectivity index (χ1v) is 21.2. The molecule has 5 aliphatic rings. The summed E-state index contributed by atoms with van der Waals surface area (Å²) in [4.78, 5) is 50.4. The lowest BCUT2D eigenvalue weighted by molar-refractivity contribution is -0.177. The van der Waals surface area contributed by atoms with Gasteiger partial charge in [0.1, 0.15) is 23.3 Å². The number of ether oxygens (including phenoxy) is 2. The Hall–Kier alpha value is -6.67. The van der Waals surface area contributed by atoms with Crippen molar-refractivity contribution >= 4 is 34.8 Å². The van der Waals surface area contributed by atoms with Crippen LogP contribution in [0, 0.1) is 17.8 Å². The van der Waals surface area contributed by atoms with Crippen LogP contribution < -0.4 is 15.5 Å². The molecular formula is C51H46N4O6. The van der Waals surface area contributed by atoms with Gasteiger partial charge in [0.2, 0.25) is 11.8 Å². The van der Waals surface area contributed by atoms with Gasteiger partial charge in [-0.15, -0.1) is 0 Å². The Balaban J connectivity index is 1.18. The number of nitrogens with one attached hydrogen (secondary N) is 2. The lowest BCUT2D eigenvalue weighted by Crippen LogP contribution is -2.53. The zero-order valence-corrected chi connectivity index (χ0v) is 33.6. The highest BCUT2D eigenvalue weighted by Crippen LogP contribution is 2.65. The van der Waals surface area contributed by atoms with Crippen LogP contribution in [0.5, 0.6) is 5.75 Å². The number of amides is 2. The van der Waals surface area contributed by atoms with Gasteiger partial charge in [-0.1, -0.05) is 90.7 Å². The van der Waals surface area contributed by atoms with E-state index in [0.29, 0.717) is 41.3 Å². The molecule has 5 aromatic carbocycles. The largest absolute Gasteiger partial charge is 0.508 e. The number of carbonyl (C=O) groups is 3. The Labute approximate surface area is 355 Å². The maximum atomic E-state index is 15.5. The first kappa shape index (κ1) is 38.5. The number of hydrogen-bond donors (Lipinski definition) is 3. The van der Waals surface area contributed by atoms with Crippen LogP contribution in [0.3, 0.4) is 0 Å². The molecule has 61 heavy (non-hydrogen) atoms. The number of morpholine rings is 2. The predicted molar refractivity (Wildman–Crippen MR) is 233 cm³/mol. The summed E-state index contributed by atoms with van der Waals surface area (Å²) < 4.78 is 12.1. The van der Waals surface area contributed by atoms with Crippen molar-refractivity contribution in [2.75, 3.05) is 41.8 Å². The van der Waals surface area contributed by atoms with E-state index in [9.17, 15) is 5.11 Å². The van der Waals surface area contributed by atoms with Crippen molar-refractivity contribution in [3.63, 3.8) is 0 Å². The van der Waals surface area contributed by atoms with Crippen LogP contribution in [0.4, 0.5) is 17.1 Å². The van der Waals surface area contributed by atoms with Gasteiger partial charge >= 0.3 is 5.97 Å². The normalized spacial score (nSPS) is 25.7. The fraction of sp³-hybridized carbons (Fsp3) is 0.275. The van der Waals surface area contributed by atoms with Crippen molar-refractivity contribution in [2.24, 2.45) is 5.92 Å². The highest BCUT2D eigenvalue weighted by Gasteiger charge is 2.74. The summed E-state index contributed by atoms with van der Waals surface area (Å²) in [6, 6.07) is 36.7. The van der Waals surface area contributed by atoms with Crippen molar-refractivity contribution in [2.45, 2.75) is 55.3 Å². The molecule has 0 aromatic heterocycles. The minimum atomic E-state index is -1.67. The van der Waals surface area contributed by atoms with Crippen LogP contribution in [0.15, 0.2) is 139 Å². The van der Waals surface area contributed by atoms with E-state index in [-0.39, 0.29) is 5.75 Å². The monoisotopic (exact) mass is 810 g/mol. The minimum absolute atomic E-state index is 0.0489. The zero-order chi connectivity index (χ0) is 41.5. The summed E-state index contributed by atoms with van der Waals surface area (Å²) in [5.41, 5.74) is 5.06. The molecule has 2 amide bonds. The van der Waals surface area contributed by atoms with Crippen molar-refractivity contribution < 1.29 is 29.0 Å². The summed E-state index contributed by atoms with van der Waals surface area (Å²) in [5, 5.41) is 16.9. The Bertz CT molecular complexity index is 2560. The quantitative estimate of drug-likeness (QED) is 0.117. The number of hydrogen-bond acceptors (Lipinski definition) is 8. The number of benzene rings is 5. The third-order valence-corrected chi connectivity index (χ3v) is 13.0. The van der Waals surface area contributed by atoms with E-state index in [1.165, 1.54) is 0 Å². The van der Waals surface area contributed by atoms with Crippen LogP contribution >= 0.6 is 0 Å². The third kappa shape index (κ3) is 6.84. The lowest BCUT2D eigenvalue weighted by atomic mass is 9.65. The van der Waals surface area contributed by atoms with E-state index in [0.717, 1.165) is 61.2 Å². The van der Waals surface area contributed by atoms with E-state index in [1.807, 2.05) is 103 Å². The van der Waals surface area contributed by atoms with Crippen molar-refractivity contribution in [3.8, 4) is 17.6 Å². The minimum Gasteiger partial charge on any atom is -0.508 e. The number of cyclic esters (lactones) is 1. The summed E-state index contributed by atoms with van der Waals surface area (Å²) in [6.45, 7) is 2.81. The van der Waals surface area contributed by atoms with Gasteiger partial charge in [-0.2, -0.15) is 0 Å². The number of phenols is 1. The van der Waals surface area contributed by atoms with Gasteiger partial charge in [-0.05, 0) is 108 Å². The van der Waals surface area contributed by atoms with Gasteiger partial charge in [0.15, 0.2) is 0 Å². The number of anilines is 3. The van der Waals surface area contributed by atoms with Crippen molar-refractivity contribution in [1.29, 1.82) is 0 Å². The predicted octanol–water partition coefficient (Wildman–Crippen LogP) is 7.99.